The lowest BCUT2D eigenvalue weighted by atomic mass is 10.2. The first kappa shape index (κ1) is 23.4. The van der Waals surface area contributed by atoms with Crippen LogP contribution in [0.2, 0.25) is 0 Å². The van der Waals surface area contributed by atoms with Gasteiger partial charge in [-0.1, -0.05) is 0 Å². The van der Waals surface area contributed by atoms with Gasteiger partial charge in [-0.15, -0.1) is 24.0 Å². The second kappa shape index (κ2) is 10.0. The highest BCUT2D eigenvalue weighted by Gasteiger charge is 2.28. The Morgan fingerprint density at radius 1 is 1.48 bits per heavy atom. The van der Waals surface area contributed by atoms with Crippen molar-refractivity contribution in [2.45, 2.75) is 51.9 Å². The van der Waals surface area contributed by atoms with E-state index in [2.05, 4.69) is 20.6 Å². The largest absolute Gasteiger partial charge is 0.444 e. The summed E-state index contributed by atoms with van der Waals surface area (Å²) in [6.45, 7) is 4.16. The van der Waals surface area contributed by atoms with E-state index in [1.54, 1.807) is 7.05 Å². The molecule has 0 bridgehead atoms. The van der Waals surface area contributed by atoms with E-state index in [1.165, 1.54) is 12.4 Å². The number of ether oxygens (including phenoxy) is 1. The number of guanidine groups is 1. The predicted molar refractivity (Wildman–Crippen MR) is 108 cm³/mol. The van der Waals surface area contributed by atoms with Crippen LogP contribution in [0.3, 0.4) is 0 Å². The number of carbonyl (C=O) groups excluding carboxylic acids is 1. The standard InChI is InChI=1S/C16H26F2N6O2.HI/c1-16(2,3)26-15(25)22-11-5-7-23(10-11)14(19-4)21-9-12-20-6-8-24(12)13(17)18;/h6,8,11,13H,5,7,9-10H2,1-4H3,(H,19,21)(H,22,25);1H. The molecular formula is C16H27F2IN6O2. The van der Waals surface area contributed by atoms with Gasteiger partial charge in [0.15, 0.2) is 5.96 Å². The van der Waals surface area contributed by atoms with E-state index in [4.69, 9.17) is 4.74 Å². The van der Waals surface area contributed by atoms with Crippen molar-refractivity contribution in [1.82, 2.24) is 25.1 Å². The van der Waals surface area contributed by atoms with Gasteiger partial charge >= 0.3 is 12.6 Å². The van der Waals surface area contributed by atoms with Crippen LogP contribution in [0.4, 0.5) is 13.6 Å². The monoisotopic (exact) mass is 500 g/mol. The van der Waals surface area contributed by atoms with Gasteiger partial charge in [0, 0.05) is 32.5 Å². The van der Waals surface area contributed by atoms with Crippen LogP contribution in [0.1, 0.15) is 39.6 Å². The molecule has 1 atom stereocenters. The van der Waals surface area contributed by atoms with Crippen LogP contribution < -0.4 is 10.6 Å². The highest BCUT2D eigenvalue weighted by Crippen LogP contribution is 2.14. The molecule has 2 heterocycles. The molecule has 1 amide bonds. The maximum Gasteiger partial charge on any atom is 0.407 e. The smallest absolute Gasteiger partial charge is 0.407 e. The zero-order chi connectivity index (χ0) is 19.3. The maximum atomic E-state index is 12.9. The van der Waals surface area contributed by atoms with E-state index in [0.717, 1.165) is 11.0 Å². The topological polar surface area (TPSA) is 83.8 Å². The number of halogens is 3. The summed E-state index contributed by atoms with van der Waals surface area (Å²) in [5, 5.41) is 5.87. The number of hydrogen-bond donors (Lipinski definition) is 2. The Kier molecular flexibility index (Phi) is 8.69. The van der Waals surface area contributed by atoms with Gasteiger partial charge in [-0.05, 0) is 27.2 Å². The highest BCUT2D eigenvalue weighted by atomic mass is 127. The summed E-state index contributed by atoms with van der Waals surface area (Å²) in [4.78, 5) is 21.9. The van der Waals surface area contributed by atoms with Gasteiger partial charge in [-0.3, -0.25) is 9.56 Å². The summed E-state index contributed by atoms with van der Waals surface area (Å²) < 4.78 is 31.8. The molecule has 1 aromatic rings. The zero-order valence-electron chi connectivity index (χ0n) is 15.9. The van der Waals surface area contributed by atoms with Gasteiger partial charge in [0.05, 0.1) is 12.6 Å². The number of nitrogens with one attached hydrogen (secondary N) is 2. The first-order valence-corrected chi connectivity index (χ1v) is 8.44. The fourth-order valence-corrected chi connectivity index (χ4v) is 2.69. The number of likely N-dealkylation sites (tertiary alicyclic amines) is 1. The molecule has 1 fully saturated rings. The van der Waals surface area contributed by atoms with Crippen LogP contribution in [0.5, 0.6) is 0 Å². The molecule has 1 saturated heterocycles. The highest BCUT2D eigenvalue weighted by molar-refractivity contribution is 14.0. The van der Waals surface area contributed by atoms with E-state index in [-0.39, 0.29) is 42.4 Å². The molecule has 154 valence electrons. The van der Waals surface area contributed by atoms with Crippen molar-refractivity contribution in [3.63, 3.8) is 0 Å². The molecule has 0 saturated carbocycles. The number of hydrogen-bond acceptors (Lipinski definition) is 4. The minimum absolute atomic E-state index is 0. The summed E-state index contributed by atoms with van der Waals surface area (Å²) in [5.74, 6) is 0.797. The van der Waals surface area contributed by atoms with Crippen LogP contribution in [0.15, 0.2) is 17.4 Å². The van der Waals surface area contributed by atoms with E-state index in [9.17, 15) is 13.6 Å². The van der Waals surface area contributed by atoms with Crippen molar-refractivity contribution in [2.24, 2.45) is 4.99 Å². The minimum atomic E-state index is -2.63. The Balaban J connectivity index is 0.00000364. The third kappa shape index (κ3) is 7.11. The van der Waals surface area contributed by atoms with E-state index in [0.29, 0.717) is 19.0 Å². The second-order valence-electron chi connectivity index (χ2n) is 7.01. The zero-order valence-corrected chi connectivity index (χ0v) is 18.2. The summed E-state index contributed by atoms with van der Waals surface area (Å²) in [6, 6.07) is -0.0635. The summed E-state index contributed by atoms with van der Waals surface area (Å²) >= 11 is 0. The number of aliphatic imine (C=N–C) groups is 1. The van der Waals surface area contributed by atoms with Crippen LogP contribution in [0.25, 0.3) is 0 Å². The molecule has 1 aliphatic rings. The Labute approximate surface area is 174 Å². The first-order valence-electron chi connectivity index (χ1n) is 8.44. The van der Waals surface area contributed by atoms with Crippen LogP contribution in [-0.4, -0.2) is 58.3 Å². The lowest BCUT2D eigenvalue weighted by molar-refractivity contribution is 0.0507. The molecule has 8 nitrogen and oxygen atoms in total. The Morgan fingerprint density at radius 2 is 2.19 bits per heavy atom. The molecule has 0 aliphatic carbocycles. The lowest BCUT2D eigenvalue weighted by Gasteiger charge is -2.23. The average Bonchev–Trinajstić information content (AvgIpc) is 3.15. The number of nitrogens with zero attached hydrogens (tertiary/aromatic N) is 4. The molecule has 2 rings (SSSR count). The molecule has 1 aliphatic heterocycles. The minimum Gasteiger partial charge on any atom is -0.444 e. The molecule has 1 unspecified atom stereocenters. The van der Waals surface area contributed by atoms with Gasteiger partial charge in [0.1, 0.15) is 11.4 Å². The number of carbonyl (C=O) groups is 1. The van der Waals surface area contributed by atoms with Crippen LogP contribution in [-0.2, 0) is 11.3 Å². The van der Waals surface area contributed by atoms with Crippen LogP contribution >= 0.6 is 24.0 Å². The van der Waals surface area contributed by atoms with Gasteiger partial charge in [0.2, 0.25) is 0 Å². The molecule has 0 spiro atoms. The van der Waals surface area contributed by atoms with Gasteiger partial charge in [-0.2, -0.15) is 8.78 Å². The number of rotatable bonds is 4. The Hall–Kier alpha value is -1.66. The molecule has 1 aromatic heterocycles. The molecule has 2 N–H and O–H groups in total. The third-order valence-corrected chi connectivity index (χ3v) is 3.78. The summed E-state index contributed by atoms with van der Waals surface area (Å²) in [6.07, 6.45) is 2.86. The molecule has 11 heteroatoms. The number of alkyl carbamates (subject to hydrolysis) is 1. The fraction of sp³-hybridized carbons (Fsp3) is 0.688. The maximum absolute atomic E-state index is 12.9. The molecule has 0 radical (unpaired) electrons. The Morgan fingerprint density at radius 3 is 2.78 bits per heavy atom. The van der Waals surface area contributed by atoms with Crippen molar-refractivity contribution in [3.05, 3.63) is 18.2 Å². The van der Waals surface area contributed by atoms with E-state index in [1.807, 2.05) is 25.7 Å². The number of alkyl halides is 2. The fourth-order valence-electron chi connectivity index (χ4n) is 2.69. The second-order valence-corrected chi connectivity index (χ2v) is 7.01. The van der Waals surface area contributed by atoms with E-state index < -0.39 is 18.2 Å². The lowest BCUT2D eigenvalue weighted by Crippen LogP contribution is -2.44. The van der Waals surface area contributed by atoms with Crippen molar-refractivity contribution in [1.29, 1.82) is 0 Å². The quantitative estimate of drug-likeness (QED) is 0.378. The van der Waals surface area contributed by atoms with Gasteiger partial charge in [-0.25, -0.2) is 9.78 Å². The summed E-state index contributed by atoms with van der Waals surface area (Å²) in [5.41, 5.74) is -0.549. The van der Waals surface area contributed by atoms with Crippen molar-refractivity contribution < 1.29 is 18.3 Å². The van der Waals surface area contributed by atoms with E-state index >= 15 is 0 Å². The molecular weight excluding hydrogens is 473 g/mol. The average molecular weight is 500 g/mol. The number of imidazole rings is 1. The SMILES string of the molecule is CN=C(NCc1nccn1C(F)F)N1CCC(NC(=O)OC(C)(C)C)C1.I. The number of aromatic nitrogens is 2. The Bertz CT molecular complexity index is 647. The predicted octanol–water partition coefficient (Wildman–Crippen LogP) is 2.57. The van der Waals surface area contributed by atoms with Crippen molar-refractivity contribution in [2.75, 3.05) is 20.1 Å². The first-order chi connectivity index (χ1) is 12.2. The summed E-state index contributed by atoms with van der Waals surface area (Å²) in [7, 11) is 1.62. The normalized spacial score (nSPS) is 17.7. The van der Waals surface area contributed by atoms with Crippen molar-refractivity contribution in [3.8, 4) is 0 Å². The third-order valence-electron chi connectivity index (χ3n) is 3.78. The van der Waals surface area contributed by atoms with Crippen LogP contribution in [0, 0.1) is 0 Å². The number of amides is 1. The molecule has 0 aromatic carbocycles. The van der Waals surface area contributed by atoms with Crippen molar-refractivity contribution >= 4 is 36.0 Å². The molecule has 27 heavy (non-hydrogen) atoms. The van der Waals surface area contributed by atoms with Gasteiger partial charge < -0.3 is 20.3 Å². The van der Waals surface area contributed by atoms with Gasteiger partial charge in [0.25, 0.3) is 0 Å².